The summed E-state index contributed by atoms with van der Waals surface area (Å²) in [6.45, 7) is 7.02. The molecule has 0 saturated heterocycles. The number of carbonyl (C=O) groups excluding carboxylic acids is 1. The summed E-state index contributed by atoms with van der Waals surface area (Å²) in [6.07, 6.45) is 9.15. The minimum atomic E-state index is -0.457. The first-order valence-corrected chi connectivity index (χ1v) is 12.7. The Kier molecular flexibility index (Phi) is 7.15. The Morgan fingerprint density at radius 1 is 1.03 bits per heavy atom. The Bertz CT molecular complexity index is 1220. The third kappa shape index (κ3) is 4.26. The van der Waals surface area contributed by atoms with Crippen molar-refractivity contribution in [1.29, 1.82) is 0 Å². The van der Waals surface area contributed by atoms with Crippen LogP contribution in [0.15, 0.2) is 35.1 Å². The summed E-state index contributed by atoms with van der Waals surface area (Å²) >= 11 is 0. The molecule has 1 aliphatic rings. The van der Waals surface area contributed by atoms with Gasteiger partial charge in [0.05, 0.1) is 16.8 Å². The lowest BCUT2D eigenvalue weighted by molar-refractivity contribution is 0.1000. The highest BCUT2D eigenvalue weighted by Crippen LogP contribution is 2.36. The molecule has 2 N–H and O–H groups in total. The number of primary amides is 1. The number of aromatic nitrogens is 3. The smallest absolute Gasteiger partial charge is 0.279 e. The van der Waals surface area contributed by atoms with Crippen molar-refractivity contribution in [3.05, 3.63) is 63.3 Å². The molecule has 4 rings (SSSR count). The van der Waals surface area contributed by atoms with Gasteiger partial charge in [0.15, 0.2) is 0 Å². The third-order valence-corrected chi connectivity index (χ3v) is 7.61. The Balaban J connectivity index is 1.96. The Morgan fingerprint density at radius 2 is 1.71 bits per heavy atom. The van der Waals surface area contributed by atoms with E-state index in [1.54, 1.807) is 4.68 Å². The van der Waals surface area contributed by atoms with Crippen LogP contribution < -0.4 is 11.3 Å². The average molecular weight is 463 g/mol. The number of para-hydroxylation sites is 1. The molecule has 2 aromatic heterocycles. The van der Waals surface area contributed by atoms with Crippen LogP contribution in [0.5, 0.6) is 0 Å². The van der Waals surface area contributed by atoms with Gasteiger partial charge >= 0.3 is 0 Å². The Morgan fingerprint density at radius 3 is 2.32 bits per heavy atom. The molecule has 1 aliphatic carbocycles. The molecular weight excluding hydrogens is 424 g/mol. The number of benzene rings is 1. The van der Waals surface area contributed by atoms with E-state index in [0.717, 1.165) is 54.1 Å². The number of rotatable bonds is 8. The van der Waals surface area contributed by atoms with E-state index in [2.05, 4.69) is 11.5 Å². The number of hydrogen-bond acceptors (Lipinski definition) is 2. The van der Waals surface area contributed by atoms with Crippen LogP contribution in [0.2, 0.25) is 0 Å². The van der Waals surface area contributed by atoms with Crippen LogP contribution in [0.1, 0.15) is 79.3 Å². The van der Waals surface area contributed by atoms with Gasteiger partial charge in [-0.3, -0.25) is 14.3 Å². The SMILES string of the molecule is CCCCc1c(-c2c(C)n(C)n(-c3ccccc3)c2=O)c(C(N)=O)c(C)n1CC1CCCCC1. The molecular formula is C28H38N4O2. The third-order valence-electron chi connectivity index (χ3n) is 7.61. The standard InChI is InChI=1S/C28H38N4O2/c1-5-6-17-23-26(24(27(29)33)20(3)31(23)18-21-13-9-7-10-14-21)25-19(2)30(4)32(28(25)34)22-15-11-8-12-16-22/h8,11-12,15-16,21H,5-7,9-10,13-14,17-18H2,1-4H3,(H2,29,33). The lowest BCUT2D eigenvalue weighted by atomic mass is 9.89. The van der Waals surface area contributed by atoms with Gasteiger partial charge in [0.2, 0.25) is 0 Å². The fourth-order valence-corrected chi connectivity index (χ4v) is 5.70. The monoisotopic (exact) mass is 462 g/mol. The van der Waals surface area contributed by atoms with Gasteiger partial charge in [-0.25, -0.2) is 4.68 Å². The number of hydrogen-bond donors (Lipinski definition) is 1. The molecule has 0 unspecified atom stereocenters. The summed E-state index contributed by atoms with van der Waals surface area (Å²) in [6, 6.07) is 9.65. The van der Waals surface area contributed by atoms with Crippen molar-refractivity contribution in [3.63, 3.8) is 0 Å². The number of amides is 1. The van der Waals surface area contributed by atoms with E-state index in [4.69, 9.17) is 5.73 Å². The topological polar surface area (TPSA) is 75.0 Å². The van der Waals surface area contributed by atoms with Gasteiger partial charge in [-0.2, -0.15) is 0 Å². The summed E-state index contributed by atoms with van der Waals surface area (Å²) in [5, 5.41) is 0. The van der Waals surface area contributed by atoms with E-state index in [1.165, 1.54) is 32.1 Å². The highest BCUT2D eigenvalue weighted by atomic mass is 16.1. The quantitative estimate of drug-likeness (QED) is 0.494. The van der Waals surface area contributed by atoms with Crippen LogP contribution >= 0.6 is 0 Å². The zero-order valence-corrected chi connectivity index (χ0v) is 21.1. The summed E-state index contributed by atoms with van der Waals surface area (Å²) in [5.74, 6) is 0.146. The number of carbonyl (C=O) groups is 1. The molecule has 182 valence electrons. The first-order chi connectivity index (χ1) is 16.4. The number of unbranched alkanes of at least 4 members (excludes halogenated alkanes) is 1. The molecule has 1 saturated carbocycles. The molecule has 0 bridgehead atoms. The van der Waals surface area contributed by atoms with Crippen molar-refractivity contribution in [3.8, 4) is 16.8 Å². The zero-order valence-electron chi connectivity index (χ0n) is 21.1. The molecule has 0 spiro atoms. The van der Waals surface area contributed by atoms with Crippen LogP contribution in [-0.4, -0.2) is 19.8 Å². The molecule has 6 nitrogen and oxygen atoms in total. The lowest BCUT2D eigenvalue weighted by Crippen LogP contribution is -2.21. The maximum Gasteiger partial charge on any atom is 0.279 e. The second kappa shape index (κ2) is 10.1. The number of nitrogens with two attached hydrogens (primary N) is 1. The summed E-state index contributed by atoms with van der Waals surface area (Å²) in [5.41, 5.74) is 11.4. The van der Waals surface area contributed by atoms with Gasteiger partial charge in [0, 0.05) is 36.2 Å². The molecule has 0 radical (unpaired) electrons. The van der Waals surface area contributed by atoms with E-state index in [9.17, 15) is 9.59 Å². The van der Waals surface area contributed by atoms with Crippen LogP contribution in [0, 0.1) is 19.8 Å². The number of nitrogens with zero attached hydrogens (tertiary/aromatic N) is 3. The summed E-state index contributed by atoms with van der Waals surface area (Å²) in [4.78, 5) is 26.7. The summed E-state index contributed by atoms with van der Waals surface area (Å²) < 4.78 is 5.89. The maximum atomic E-state index is 13.9. The lowest BCUT2D eigenvalue weighted by Gasteiger charge is -2.24. The second-order valence-corrected chi connectivity index (χ2v) is 9.80. The minimum absolute atomic E-state index is 0.110. The van der Waals surface area contributed by atoms with Gasteiger partial charge in [-0.1, -0.05) is 50.8 Å². The molecule has 1 amide bonds. The largest absolute Gasteiger partial charge is 0.366 e. The second-order valence-electron chi connectivity index (χ2n) is 9.80. The van der Waals surface area contributed by atoms with Crippen LogP contribution in [-0.2, 0) is 20.0 Å². The van der Waals surface area contributed by atoms with Crippen molar-refractivity contribution < 1.29 is 4.79 Å². The van der Waals surface area contributed by atoms with Crippen LogP contribution in [0.25, 0.3) is 16.8 Å². The minimum Gasteiger partial charge on any atom is -0.366 e. The Hall–Kier alpha value is -3.02. The van der Waals surface area contributed by atoms with Crippen molar-refractivity contribution >= 4 is 5.91 Å². The molecule has 34 heavy (non-hydrogen) atoms. The van der Waals surface area contributed by atoms with E-state index < -0.39 is 5.91 Å². The predicted molar refractivity (Wildman–Crippen MR) is 138 cm³/mol. The van der Waals surface area contributed by atoms with Crippen molar-refractivity contribution in [1.82, 2.24) is 13.9 Å². The van der Waals surface area contributed by atoms with E-state index in [0.29, 0.717) is 17.0 Å². The first-order valence-electron chi connectivity index (χ1n) is 12.7. The maximum absolute atomic E-state index is 13.9. The van der Waals surface area contributed by atoms with Crippen LogP contribution in [0.3, 0.4) is 0 Å². The molecule has 0 atom stereocenters. The highest BCUT2D eigenvalue weighted by Gasteiger charge is 2.30. The first kappa shape index (κ1) is 24.1. The fraction of sp³-hybridized carbons (Fsp3) is 0.500. The van der Waals surface area contributed by atoms with Crippen molar-refractivity contribution in [2.45, 2.75) is 78.7 Å². The molecule has 1 fully saturated rings. The van der Waals surface area contributed by atoms with Crippen molar-refractivity contribution in [2.75, 3.05) is 0 Å². The fourth-order valence-electron chi connectivity index (χ4n) is 5.70. The normalized spacial score (nSPS) is 14.6. The van der Waals surface area contributed by atoms with Crippen LogP contribution in [0.4, 0.5) is 0 Å². The van der Waals surface area contributed by atoms with Gasteiger partial charge in [-0.05, 0) is 57.6 Å². The highest BCUT2D eigenvalue weighted by molar-refractivity contribution is 6.02. The van der Waals surface area contributed by atoms with Gasteiger partial charge in [0.25, 0.3) is 11.5 Å². The molecule has 6 heteroatoms. The van der Waals surface area contributed by atoms with Gasteiger partial charge in [-0.15, -0.1) is 0 Å². The van der Waals surface area contributed by atoms with E-state index in [-0.39, 0.29) is 5.56 Å². The predicted octanol–water partition coefficient (Wildman–Crippen LogP) is 5.28. The average Bonchev–Trinajstić information content (AvgIpc) is 3.22. The van der Waals surface area contributed by atoms with E-state index in [1.807, 2.05) is 55.9 Å². The Labute approximate surface area is 202 Å². The van der Waals surface area contributed by atoms with Gasteiger partial charge < -0.3 is 10.3 Å². The molecule has 0 aliphatic heterocycles. The van der Waals surface area contributed by atoms with E-state index >= 15 is 0 Å². The molecule has 2 heterocycles. The van der Waals surface area contributed by atoms with Crippen molar-refractivity contribution in [2.24, 2.45) is 18.7 Å². The molecule has 1 aromatic carbocycles. The summed E-state index contributed by atoms with van der Waals surface area (Å²) in [7, 11) is 1.90. The zero-order chi connectivity index (χ0) is 24.4. The molecule has 3 aromatic rings. The van der Waals surface area contributed by atoms with Gasteiger partial charge in [0.1, 0.15) is 0 Å².